The van der Waals surface area contributed by atoms with Gasteiger partial charge in [-0.25, -0.2) is 14.8 Å². The average molecular weight is 451 g/mol. The molecule has 1 aromatic carbocycles. The van der Waals surface area contributed by atoms with Crippen molar-refractivity contribution in [3.05, 3.63) is 52.6 Å². The lowest BCUT2D eigenvalue weighted by molar-refractivity contribution is -0.148. The molecule has 2 aromatic rings. The highest BCUT2D eigenvalue weighted by Gasteiger charge is 2.35. The van der Waals surface area contributed by atoms with Gasteiger partial charge in [-0.15, -0.1) is 0 Å². The predicted molar refractivity (Wildman–Crippen MR) is 106 cm³/mol. The zero-order valence-electron chi connectivity index (χ0n) is 17.6. The van der Waals surface area contributed by atoms with Gasteiger partial charge in [0.2, 0.25) is 5.82 Å². The fourth-order valence-corrected chi connectivity index (χ4v) is 3.32. The summed E-state index contributed by atoms with van der Waals surface area (Å²) >= 11 is 0. The summed E-state index contributed by atoms with van der Waals surface area (Å²) in [6.07, 6.45) is -3.80. The van der Waals surface area contributed by atoms with E-state index in [-0.39, 0.29) is 23.8 Å². The highest BCUT2D eigenvalue weighted by molar-refractivity contribution is 6.62. The summed E-state index contributed by atoms with van der Waals surface area (Å²) in [7, 11) is -1.13. The molecule has 0 aliphatic carbocycles. The number of carbonyl (C=O) groups is 2. The molecule has 0 unspecified atom stereocenters. The number of nitrogens with zero attached hydrogens (tertiary/aromatic N) is 2. The topological polar surface area (TPSA) is 111 Å². The number of hydrogen-bond acceptors (Lipinski definition) is 7. The highest BCUT2D eigenvalue weighted by Crippen LogP contribution is 2.25. The first-order chi connectivity index (χ1) is 15.0. The number of carbonyl (C=O) groups excluding carboxylic acids is 2. The molecule has 0 saturated heterocycles. The van der Waals surface area contributed by atoms with E-state index in [1.54, 1.807) is 32.9 Å². The minimum atomic E-state index is -4.72. The molecule has 1 aliphatic rings. The lowest BCUT2D eigenvalue weighted by Crippen LogP contribution is -2.46. The molecule has 32 heavy (non-hydrogen) atoms. The lowest BCUT2D eigenvalue weighted by Gasteiger charge is -2.22. The Hall–Kier alpha value is -2.99. The molecule has 1 aliphatic heterocycles. The van der Waals surface area contributed by atoms with Gasteiger partial charge in [0.1, 0.15) is 12.6 Å². The number of nitrogens with one attached hydrogen (secondary N) is 1. The van der Waals surface area contributed by atoms with Crippen LogP contribution in [0.25, 0.3) is 0 Å². The number of aromatic nitrogens is 2. The second kappa shape index (κ2) is 9.25. The van der Waals surface area contributed by atoms with Gasteiger partial charge in [-0.1, -0.05) is 19.9 Å². The maximum Gasteiger partial charge on any atom is 0.492 e. The van der Waals surface area contributed by atoms with E-state index in [9.17, 15) is 27.8 Å². The molecule has 12 heteroatoms. The zero-order valence-corrected chi connectivity index (χ0v) is 17.6. The van der Waals surface area contributed by atoms with Crippen molar-refractivity contribution in [2.75, 3.05) is 0 Å². The number of alkyl halides is 3. The Kier molecular flexibility index (Phi) is 6.84. The number of halogens is 3. The molecule has 0 fully saturated rings. The molecule has 1 aromatic heterocycles. The van der Waals surface area contributed by atoms with Gasteiger partial charge < -0.3 is 19.7 Å². The minimum absolute atomic E-state index is 0.127. The van der Waals surface area contributed by atoms with Crippen LogP contribution in [0.15, 0.2) is 24.4 Å². The van der Waals surface area contributed by atoms with Crippen LogP contribution in [-0.2, 0) is 33.6 Å². The van der Waals surface area contributed by atoms with Crippen molar-refractivity contribution in [2.24, 2.45) is 5.92 Å². The van der Waals surface area contributed by atoms with E-state index < -0.39 is 43.6 Å². The Morgan fingerprint density at radius 1 is 1.31 bits per heavy atom. The van der Waals surface area contributed by atoms with E-state index in [2.05, 4.69) is 15.3 Å². The number of benzene rings is 1. The van der Waals surface area contributed by atoms with E-state index in [1.165, 1.54) is 6.07 Å². The van der Waals surface area contributed by atoms with Crippen molar-refractivity contribution >= 4 is 24.5 Å². The van der Waals surface area contributed by atoms with Crippen molar-refractivity contribution in [1.29, 1.82) is 0 Å². The van der Waals surface area contributed by atoms with E-state index in [4.69, 9.17) is 9.39 Å². The van der Waals surface area contributed by atoms with Crippen LogP contribution in [0.3, 0.4) is 0 Å². The summed E-state index contributed by atoms with van der Waals surface area (Å²) < 4.78 is 48.5. The summed E-state index contributed by atoms with van der Waals surface area (Å²) in [5, 5.41) is 12.6. The Balaban J connectivity index is 1.70. The van der Waals surface area contributed by atoms with E-state index in [0.717, 1.165) is 11.8 Å². The molecule has 0 spiro atoms. The SMILES string of the molecule is Cc1c(C(=O)N[C@H](C(=O)OCc2ccnc(C(F)(F)F)n2)C(C)C)ccc2c1B(O)OC2. The highest BCUT2D eigenvalue weighted by atomic mass is 19.4. The smallest absolute Gasteiger partial charge is 0.458 e. The molecule has 0 saturated carbocycles. The summed E-state index contributed by atoms with van der Waals surface area (Å²) in [6.45, 7) is 4.77. The largest absolute Gasteiger partial charge is 0.492 e. The van der Waals surface area contributed by atoms with Crippen LogP contribution < -0.4 is 10.8 Å². The van der Waals surface area contributed by atoms with E-state index in [0.29, 0.717) is 11.0 Å². The van der Waals surface area contributed by atoms with Gasteiger partial charge in [0.25, 0.3) is 5.91 Å². The van der Waals surface area contributed by atoms with Gasteiger partial charge in [-0.2, -0.15) is 13.2 Å². The Morgan fingerprint density at radius 3 is 2.69 bits per heavy atom. The predicted octanol–water partition coefficient (Wildman–Crippen LogP) is 1.52. The first kappa shape index (κ1) is 23.7. The quantitative estimate of drug-likeness (QED) is 0.506. The van der Waals surface area contributed by atoms with Gasteiger partial charge in [0, 0.05) is 11.8 Å². The minimum Gasteiger partial charge on any atom is -0.458 e. The first-order valence-corrected chi connectivity index (χ1v) is 9.77. The Bertz CT molecular complexity index is 1030. The first-order valence-electron chi connectivity index (χ1n) is 9.77. The maximum absolute atomic E-state index is 12.8. The average Bonchev–Trinajstić information content (AvgIpc) is 3.11. The van der Waals surface area contributed by atoms with Crippen molar-refractivity contribution < 1.29 is 37.2 Å². The molecule has 0 bridgehead atoms. The van der Waals surface area contributed by atoms with Gasteiger partial charge in [0.15, 0.2) is 0 Å². The third kappa shape index (κ3) is 5.08. The molecule has 2 N–H and O–H groups in total. The molecule has 3 rings (SSSR count). The van der Waals surface area contributed by atoms with Gasteiger partial charge >= 0.3 is 19.3 Å². The normalized spacial score (nSPS) is 14.3. The number of hydrogen-bond donors (Lipinski definition) is 2. The van der Waals surface area contributed by atoms with Crippen molar-refractivity contribution in [2.45, 2.75) is 46.2 Å². The van der Waals surface area contributed by atoms with Crippen LogP contribution in [0.1, 0.15) is 46.9 Å². The molecule has 1 amide bonds. The molecule has 0 radical (unpaired) electrons. The van der Waals surface area contributed by atoms with Crippen LogP contribution in [0, 0.1) is 12.8 Å². The third-order valence-corrected chi connectivity index (χ3v) is 5.03. The van der Waals surface area contributed by atoms with E-state index in [1.807, 2.05) is 0 Å². The zero-order chi connectivity index (χ0) is 23.6. The van der Waals surface area contributed by atoms with Crippen molar-refractivity contribution in [3.63, 3.8) is 0 Å². The standard InChI is InChI=1S/C20H21BF3N3O5/c1-10(2)16(18(29)31-9-13-6-7-25-19(26-13)20(22,23)24)27-17(28)14-5-4-12-8-32-21(30)15(12)11(14)3/h4-7,10,16,30H,8-9H2,1-3H3,(H,27,28)/t16-/m0/s1. The maximum atomic E-state index is 12.8. The molecule has 8 nitrogen and oxygen atoms in total. The molecular formula is C20H21BF3N3O5. The van der Waals surface area contributed by atoms with Crippen LogP contribution in [0.2, 0.25) is 0 Å². The second-order valence-electron chi connectivity index (χ2n) is 7.65. The number of ether oxygens (including phenoxy) is 1. The van der Waals surface area contributed by atoms with Crippen LogP contribution in [0.4, 0.5) is 13.2 Å². The molecule has 170 valence electrons. The van der Waals surface area contributed by atoms with Crippen molar-refractivity contribution in [3.8, 4) is 0 Å². The molecule has 1 atom stereocenters. The fourth-order valence-electron chi connectivity index (χ4n) is 3.32. The fraction of sp³-hybridized carbons (Fsp3) is 0.400. The third-order valence-electron chi connectivity index (χ3n) is 5.03. The van der Waals surface area contributed by atoms with Gasteiger partial charge in [0.05, 0.1) is 12.3 Å². The Morgan fingerprint density at radius 2 is 2.03 bits per heavy atom. The van der Waals surface area contributed by atoms with E-state index >= 15 is 0 Å². The summed E-state index contributed by atoms with van der Waals surface area (Å²) in [5.74, 6) is -3.08. The lowest BCUT2D eigenvalue weighted by atomic mass is 9.75. The van der Waals surface area contributed by atoms with Crippen molar-refractivity contribution in [1.82, 2.24) is 15.3 Å². The Labute approximate surface area is 182 Å². The molecular weight excluding hydrogens is 430 g/mol. The second-order valence-corrected chi connectivity index (χ2v) is 7.65. The summed E-state index contributed by atoms with van der Waals surface area (Å²) in [6, 6.07) is 3.39. The van der Waals surface area contributed by atoms with Gasteiger partial charge in [-0.05, 0) is 41.6 Å². The number of amides is 1. The van der Waals surface area contributed by atoms with Crippen LogP contribution >= 0.6 is 0 Å². The number of esters is 1. The van der Waals surface area contributed by atoms with Gasteiger partial charge in [-0.3, -0.25) is 4.79 Å². The number of fused-ring (bicyclic) bond motifs is 1. The van der Waals surface area contributed by atoms with Crippen LogP contribution in [-0.4, -0.2) is 40.0 Å². The summed E-state index contributed by atoms with van der Waals surface area (Å²) in [5.41, 5.74) is 1.96. The molecule has 2 heterocycles. The number of rotatable bonds is 6. The summed E-state index contributed by atoms with van der Waals surface area (Å²) in [4.78, 5) is 31.9. The van der Waals surface area contributed by atoms with Crippen LogP contribution in [0.5, 0.6) is 0 Å². The monoisotopic (exact) mass is 451 g/mol.